The molecule has 0 radical (unpaired) electrons. The normalized spacial score (nSPS) is 14.6. The first kappa shape index (κ1) is 21.7. The zero-order valence-corrected chi connectivity index (χ0v) is 19.2. The van der Waals surface area contributed by atoms with Crippen LogP contribution >= 0.6 is 11.3 Å². The monoisotopic (exact) mass is 455 g/mol. The van der Waals surface area contributed by atoms with Crippen molar-refractivity contribution in [3.05, 3.63) is 70.2 Å². The van der Waals surface area contributed by atoms with Crippen LogP contribution in [0.15, 0.2) is 53.4 Å². The summed E-state index contributed by atoms with van der Waals surface area (Å²) in [5.41, 5.74) is 3.59. The van der Waals surface area contributed by atoms with Gasteiger partial charge in [0.15, 0.2) is 0 Å². The number of aryl methyl sites for hydroxylation is 2. The van der Waals surface area contributed by atoms with E-state index in [-0.39, 0.29) is 10.8 Å². The highest BCUT2D eigenvalue weighted by atomic mass is 32.2. The van der Waals surface area contributed by atoms with Crippen LogP contribution in [0.5, 0.6) is 0 Å². The van der Waals surface area contributed by atoms with E-state index in [0.29, 0.717) is 25.2 Å². The summed E-state index contributed by atoms with van der Waals surface area (Å²) >= 11 is 1.57. The predicted octanol–water partition coefficient (Wildman–Crippen LogP) is 4.14. The Labute approximate surface area is 187 Å². The molecule has 1 saturated heterocycles. The summed E-state index contributed by atoms with van der Waals surface area (Å²) in [6, 6.07) is 14.3. The van der Waals surface area contributed by atoms with Crippen molar-refractivity contribution in [2.45, 2.75) is 38.1 Å². The zero-order chi connectivity index (χ0) is 22.0. The lowest BCUT2D eigenvalue weighted by molar-refractivity contribution is 0.0951. The topological polar surface area (TPSA) is 79.4 Å². The minimum atomic E-state index is -3.47. The minimum absolute atomic E-state index is 0.229. The summed E-state index contributed by atoms with van der Waals surface area (Å²) in [7, 11) is -3.47. The molecule has 6 nitrogen and oxygen atoms in total. The van der Waals surface area contributed by atoms with E-state index in [9.17, 15) is 13.2 Å². The molecule has 2 heterocycles. The number of rotatable bonds is 6. The number of nitrogens with zero attached hydrogens (tertiary/aromatic N) is 2. The minimum Gasteiger partial charge on any atom is -0.347 e. The Morgan fingerprint density at radius 2 is 1.74 bits per heavy atom. The molecule has 0 saturated carbocycles. The molecule has 162 valence electrons. The van der Waals surface area contributed by atoms with E-state index in [2.05, 4.69) is 23.3 Å². The molecule has 3 aromatic rings. The van der Waals surface area contributed by atoms with E-state index in [0.717, 1.165) is 39.5 Å². The third kappa shape index (κ3) is 4.56. The highest BCUT2D eigenvalue weighted by Crippen LogP contribution is 2.30. The smallest absolute Gasteiger partial charge is 0.251 e. The third-order valence-electron chi connectivity index (χ3n) is 5.50. The largest absolute Gasteiger partial charge is 0.347 e. The van der Waals surface area contributed by atoms with E-state index in [1.54, 1.807) is 23.5 Å². The van der Waals surface area contributed by atoms with Crippen LogP contribution in [0, 0.1) is 13.8 Å². The number of thiazole rings is 1. The second-order valence-electron chi connectivity index (χ2n) is 7.66. The third-order valence-corrected chi connectivity index (χ3v) is 8.60. The van der Waals surface area contributed by atoms with Gasteiger partial charge < -0.3 is 5.32 Å². The average Bonchev–Trinajstić information content (AvgIpc) is 3.43. The molecule has 0 bridgehead atoms. The van der Waals surface area contributed by atoms with E-state index in [4.69, 9.17) is 0 Å². The summed E-state index contributed by atoms with van der Waals surface area (Å²) in [6.45, 7) is 5.49. The molecule has 0 aliphatic carbocycles. The maximum Gasteiger partial charge on any atom is 0.251 e. The molecule has 0 spiro atoms. The standard InChI is InChI=1S/C23H25N3O3S2/c1-16-7-3-4-8-20(16)23-25-17(2)21(30-23)15-24-22(27)18-9-11-19(12-10-18)31(28,29)26-13-5-6-14-26/h3-4,7-12H,5-6,13-15H2,1-2H3,(H,24,27). The van der Waals surface area contributed by atoms with Gasteiger partial charge in [-0.2, -0.15) is 4.31 Å². The van der Waals surface area contributed by atoms with Crippen molar-refractivity contribution >= 4 is 27.3 Å². The SMILES string of the molecule is Cc1ccccc1-c1nc(C)c(CNC(=O)c2ccc(S(=O)(=O)N3CCCC3)cc2)s1. The molecule has 4 rings (SSSR count). The summed E-state index contributed by atoms with van der Waals surface area (Å²) in [4.78, 5) is 18.5. The Hall–Kier alpha value is -2.55. The fraction of sp³-hybridized carbons (Fsp3) is 0.304. The van der Waals surface area contributed by atoms with E-state index >= 15 is 0 Å². The molecule has 1 N–H and O–H groups in total. The van der Waals surface area contributed by atoms with Crippen molar-refractivity contribution in [1.29, 1.82) is 0 Å². The van der Waals surface area contributed by atoms with Crippen LogP contribution in [0.4, 0.5) is 0 Å². The fourth-order valence-corrected chi connectivity index (χ4v) is 6.25. The molecule has 0 atom stereocenters. The summed E-state index contributed by atoms with van der Waals surface area (Å²) in [5, 5.41) is 3.86. The van der Waals surface area contributed by atoms with Gasteiger partial charge in [0.2, 0.25) is 10.0 Å². The van der Waals surface area contributed by atoms with Crippen molar-refractivity contribution in [1.82, 2.24) is 14.6 Å². The summed E-state index contributed by atoms with van der Waals surface area (Å²) in [5.74, 6) is -0.240. The number of benzene rings is 2. The van der Waals surface area contributed by atoms with E-state index < -0.39 is 10.0 Å². The highest BCUT2D eigenvalue weighted by Gasteiger charge is 2.27. The van der Waals surface area contributed by atoms with Gasteiger partial charge in [-0.25, -0.2) is 13.4 Å². The Bertz CT molecular complexity index is 1200. The van der Waals surface area contributed by atoms with Crippen LogP contribution in [0.2, 0.25) is 0 Å². The Kier molecular flexibility index (Phi) is 6.22. The van der Waals surface area contributed by atoms with E-state index in [1.807, 2.05) is 25.1 Å². The summed E-state index contributed by atoms with van der Waals surface area (Å²) in [6.07, 6.45) is 1.78. The molecule has 1 fully saturated rings. The molecule has 2 aromatic carbocycles. The molecule has 0 unspecified atom stereocenters. The lowest BCUT2D eigenvalue weighted by Crippen LogP contribution is -2.28. The Morgan fingerprint density at radius 1 is 1.06 bits per heavy atom. The molecule has 1 amide bonds. The van der Waals surface area contributed by atoms with Crippen molar-refractivity contribution in [3.63, 3.8) is 0 Å². The van der Waals surface area contributed by atoms with Gasteiger partial charge in [-0.05, 0) is 56.5 Å². The number of hydrogen-bond acceptors (Lipinski definition) is 5. The van der Waals surface area contributed by atoms with Gasteiger partial charge in [-0.15, -0.1) is 11.3 Å². The van der Waals surface area contributed by atoms with Gasteiger partial charge in [0.25, 0.3) is 5.91 Å². The molecule has 1 aliphatic rings. The maximum absolute atomic E-state index is 12.6. The van der Waals surface area contributed by atoms with E-state index in [1.165, 1.54) is 16.4 Å². The van der Waals surface area contributed by atoms with Crippen molar-refractivity contribution in [3.8, 4) is 10.6 Å². The van der Waals surface area contributed by atoms with Crippen LogP contribution in [0.25, 0.3) is 10.6 Å². The zero-order valence-electron chi connectivity index (χ0n) is 17.6. The molecule has 8 heteroatoms. The molecule has 31 heavy (non-hydrogen) atoms. The van der Waals surface area contributed by atoms with Crippen molar-refractivity contribution < 1.29 is 13.2 Å². The average molecular weight is 456 g/mol. The number of sulfonamides is 1. The fourth-order valence-electron chi connectivity index (χ4n) is 3.64. The number of aromatic nitrogens is 1. The quantitative estimate of drug-likeness (QED) is 0.606. The van der Waals surface area contributed by atoms with Crippen LogP contribution in [-0.4, -0.2) is 36.7 Å². The van der Waals surface area contributed by atoms with Crippen LogP contribution < -0.4 is 5.32 Å². The predicted molar refractivity (Wildman–Crippen MR) is 123 cm³/mol. The van der Waals surface area contributed by atoms with Gasteiger partial charge in [-0.3, -0.25) is 4.79 Å². The molecule has 1 aliphatic heterocycles. The lowest BCUT2D eigenvalue weighted by Gasteiger charge is -2.15. The number of nitrogens with one attached hydrogen (secondary N) is 1. The Morgan fingerprint density at radius 3 is 2.42 bits per heavy atom. The van der Waals surface area contributed by atoms with Crippen LogP contribution in [-0.2, 0) is 16.6 Å². The van der Waals surface area contributed by atoms with Gasteiger partial charge >= 0.3 is 0 Å². The first-order chi connectivity index (χ1) is 14.9. The number of amides is 1. The van der Waals surface area contributed by atoms with Crippen molar-refractivity contribution in [2.75, 3.05) is 13.1 Å². The van der Waals surface area contributed by atoms with Crippen LogP contribution in [0.1, 0.15) is 39.3 Å². The lowest BCUT2D eigenvalue weighted by atomic mass is 10.1. The number of carbonyl (C=O) groups is 1. The number of carbonyl (C=O) groups excluding carboxylic acids is 1. The first-order valence-electron chi connectivity index (χ1n) is 10.3. The van der Waals surface area contributed by atoms with Gasteiger partial charge in [0, 0.05) is 29.1 Å². The molecular weight excluding hydrogens is 430 g/mol. The number of hydrogen-bond donors (Lipinski definition) is 1. The second-order valence-corrected chi connectivity index (χ2v) is 10.7. The molecule has 1 aromatic heterocycles. The van der Waals surface area contributed by atoms with Crippen molar-refractivity contribution in [2.24, 2.45) is 0 Å². The summed E-state index contributed by atoms with van der Waals surface area (Å²) < 4.78 is 26.8. The Balaban J connectivity index is 1.43. The van der Waals surface area contributed by atoms with Gasteiger partial charge in [0.05, 0.1) is 17.1 Å². The molecular formula is C23H25N3O3S2. The first-order valence-corrected chi connectivity index (χ1v) is 12.5. The highest BCUT2D eigenvalue weighted by molar-refractivity contribution is 7.89. The van der Waals surface area contributed by atoms with Gasteiger partial charge in [-0.1, -0.05) is 24.3 Å². The van der Waals surface area contributed by atoms with Gasteiger partial charge in [0.1, 0.15) is 5.01 Å². The van der Waals surface area contributed by atoms with Crippen LogP contribution in [0.3, 0.4) is 0 Å². The maximum atomic E-state index is 12.6. The second kappa shape index (κ2) is 8.90.